The number of benzene rings is 1. The zero-order valence-corrected chi connectivity index (χ0v) is 8.03. The molecule has 0 saturated heterocycles. The second-order valence-electron chi connectivity index (χ2n) is 2.78. The smallest absolute Gasteiger partial charge is 0.173 e. The number of rotatable bonds is 3. The van der Waals surface area contributed by atoms with Crippen molar-refractivity contribution in [3.63, 3.8) is 0 Å². The van der Waals surface area contributed by atoms with Gasteiger partial charge in [0, 0.05) is 5.02 Å². The first-order valence-electron chi connectivity index (χ1n) is 3.95. The lowest BCUT2D eigenvalue weighted by Crippen LogP contribution is -2.37. The van der Waals surface area contributed by atoms with Crippen molar-refractivity contribution in [1.29, 1.82) is 0 Å². The van der Waals surface area contributed by atoms with Gasteiger partial charge in [0.1, 0.15) is 11.9 Å². The Bertz CT molecular complexity index is 261. The number of ether oxygens (including phenoxy) is 1. The van der Waals surface area contributed by atoms with Crippen LogP contribution in [0, 0.1) is 0 Å². The molecule has 3 N–H and O–H groups in total. The molecule has 72 valence electrons. The van der Waals surface area contributed by atoms with E-state index in [1.165, 1.54) is 0 Å². The average Bonchev–Trinajstić information content (AvgIpc) is 2.08. The minimum absolute atomic E-state index is 0.595. The molecule has 1 aromatic carbocycles. The summed E-state index contributed by atoms with van der Waals surface area (Å²) in [6, 6.07) is 6.80. The maximum Gasteiger partial charge on any atom is 0.173 e. The molecule has 0 saturated carbocycles. The highest BCUT2D eigenvalue weighted by Gasteiger charge is 2.09. The van der Waals surface area contributed by atoms with Crippen LogP contribution in [0.3, 0.4) is 0 Å². The second kappa shape index (κ2) is 4.46. The van der Waals surface area contributed by atoms with Crippen LogP contribution in [0.4, 0.5) is 0 Å². The van der Waals surface area contributed by atoms with Crippen molar-refractivity contribution in [1.82, 2.24) is 0 Å². The quantitative estimate of drug-likeness (QED) is 0.727. The lowest BCUT2D eigenvalue weighted by atomic mass is 10.3. The third-order valence-corrected chi connectivity index (χ3v) is 1.81. The average molecular weight is 202 g/mol. The first-order chi connectivity index (χ1) is 6.09. The predicted octanol–water partition coefficient (Wildman–Crippen LogP) is 1.38. The highest BCUT2D eigenvalue weighted by Crippen LogP contribution is 2.16. The van der Waals surface area contributed by atoms with Gasteiger partial charge in [-0.05, 0) is 31.2 Å². The van der Waals surface area contributed by atoms with E-state index in [4.69, 9.17) is 27.2 Å². The Balaban J connectivity index is 2.59. The van der Waals surface area contributed by atoms with Crippen molar-refractivity contribution in [2.45, 2.75) is 19.3 Å². The summed E-state index contributed by atoms with van der Waals surface area (Å²) in [6.07, 6.45) is -1.41. The van der Waals surface area contributed by atoms with Gasteiger partial charge in [-0.3, -0.25) is 5.73 Å². The van der Waals surface area contributed by atoms with Gasteiger partial charge in [-0.15, -0.1) is 0 Å². The van der Waals surface area contributed by atoms with Crippen molar-refractivity contribution < 1.29 is 9.84 Å². The number of hydrogen-bond donors (Lipinski definition) is 2. The molecule has 0 aliphatic rings. The van der Waals surface area contributed by atoms with E-state index in [9.17, 15) is 0 Å². The van der Waals surface area contributed by atoms with Crippen LogP contribution in [0.2, 0.25) is 5.02 Å². The maximum absolute atomic E-state index is 9.06. The van der Waals surface area contributed by atoms with E-state index in [0.717, 1.165) is 0 Å². The van der Waals surface area contributed by atoms with Crippen LogP contribution in [0.25, 0.3) is 0 Å². The van der Waals surface area contributed by atoms with Gasteiger partial charge in [-0.1, -0.05) is 11.6 Å². The molecule has 0 fully saturated rings. The Morgan fingerprint density at radius 2 is 1.92 bits per heavy atom. The normalized spacial score (nSPS) is 15.1. The van der Waals surface area contributed by atoms with Crippen LogP contribution in [0.1, 0.15) is 6.92 Å². The molecule has 0 bridgehead atoms. The number of aliphatic hydroxyl groups is 1. The van der Waals surface area contributed by atoms with Gasteiger partial charge in [0.25, 0.3) is 0 Å². The summed E-state index contributed by atoms with van der Waals surface area (Å²) >= 11 is 5.67. The standard InChI is InChI=1S/C9H12ClNO2/c1-6(12)9(11)13-8-4-2-7(10)3-5-8/h2-6,9,12H,11H2,1H3. The van der Waals surface area contributed by atoms with Gasteiger partial charge >= 0.3 is 0 Å². The minimum atomic E-state index is -0.707. The Labute approximate surface area is 82.1 Å². The molecule has 0 radical (unpaired) electrons. The lowest BCUT2D eigenvalue weighted by molar-refractivity contribution is 0.0528. The molecule has 4 heteroatoms. The fourth-order valence-electron chi connectivity index (χ4n) is 0.769. The molecule has 1 aromatic rings. The predicted molar refractivity (Wildman–Crippen MR) is 51.7 cm³/mol. The monoisotopic (exact) mass is 201 g/mol. The van der Waals surface area contributed by atoms with E-state index in [1.54, 1.807) is 31.2 Å². The summed E-state index contributed by atoms with van der Waals surface area (Å²) in [7, 11) is 0. The Morgan fingerprint density at radius 1 is 1.38 bits per heavy atom. The van der Waals surface area contributed by atoms with Gasteiger partial charge < -0.3 is 9.84 Å². The Hall–Kier alpha value is -0.770. The third kappa shape index (κ3) is 3.22. The number of halogens is 1. The van der Waals surface area contributed by atoms with Crippen molar-refractivity contribution in [3.8, 4) is 5.75 Å². The molecule has 0 aliphatic heterocycles. The van der Waals surface area contributed by atoms with Crippen molar-refractivity contribution in [2.75, 3.05) is 0 Å². The molecule has 0 heterocycles. The SMILES string of the molecule is CC(O)C(N)Oc1ccc(Cl)cc1. The molecule has 0 spiro atoms. The first kappa shape index (κ1) is 10.3. The summed E-state index contributed by atoms with van der Waals surface area (Å²) in [5.41, 5.74) is 5.48. The summed E-state index contributed by atoms with van der Waals surface area (Å²) in [5, 5.41) is 9.70. The zero-order chi connectivity index (χ0) is 9.84. The highest BCUT2D eigenvalue weighted by molar-refractivity contribution is 6.30. The minimum Gasteiger partial charge on any atom is -0.473 e. The van der Waals surface area contributed by atoms with Crippen LogP contribution < -0.4 is 10.5 Å². The second-order valence-corrected chi connectivity index (χ2v) is 3.21. The van der Waals surface area contributed by atoms with Crippen LogP contribution in [-0.4, -0.2) is 17.4 Å². The highest BCUT2D eigenvalue weighted by atomic mass is 35.5. The molecular weight excluding hydrogens is 190 g/mol. The fourth-order valence-corrected chi connectivity index (χ4v) is 0.895. The molecule has 2 atom stereocenters. The molecule has 3 nitrogen and oxygen atoms in total. The summed E-state index contributed by atoms with van der Waals surface area (Å²) in [6.45, 7) is 1.57. The third-order valence-electron chi connectivity index (χ3n) is 1.56. The molecule has 0 amide bonds. The fraction of sp³-hybridized carbons (Fsp3) is 0.333. The van der Waals surface area contributed by atoms with Crippen LogP contribution in [-0.2, 0) is 0 Å². The van der Waals surface area contributed by atoms with Crippen molar-refractivity contribution in [2.24, 2.45) is 5.73 Å². The summed E-state index contributed by atoms with van der Waals surface area (Å²) in [4.78, 5) is 0. The van der Waals surface area contributed by atoms with Gasteiger partial charge in [-0.2, -0.15) is 0 Å². The molecule has 1 rings (SSSR count). The number of aliphatic hydroxyl groups excluding tert-OH is 1. The maximum atomic E-state index is 9.06. The van der Waals surface area contributed by atoms with Gasteiger partial charge in [0.2, 0.25) is 0 Å². The zero-order valence-electron chi connectivity index (χ0n) is 7.27. The van der Waals surface area contributed by atoms with Gasteiger partial charge in [0.15, 0.2) is 6.23 Å². The van der Waals surface area contributed by atoms with Crippen LogP contribution in [0.5, 0.6) is 5.75 Å². The van der Waals surface area contributed by atoms with Gasteiger partial charge in [0.05, 0.1) is 0 Å². The molecule has 13 heavy (non-hydrogen) atoms. The number of hydrogen-bond acceptors (Lipinski definition) is 3. The van der Waals surface area contributed by atoms with E-state index < -0.39 is 12.3 Å². The van der Waals surface area contributed by atoms with Crippen LogP contribution in [0.15, 0.2) is 24.3 Å². The molecule has 0 aliphatic carbocycles. The molecular formula is C9H12ClNO2. The van der Waals surface area contributed by atoms with E-state index in [-0.39, 0.29) is 0 Å². The van der Waals surface area contributed by atoms with Crippen LogP contribution >= 0.6 is 11.6 Å². The topological polar surface area (TPSA) is 55.5 Å². The van der Waals surface area contributed by atoms with E-state index in [0.29, 0.717) is 10.8 Å². The Morgan fingerprint density at radius 3 is 2.38 bits per heavy atom. The summed E-state index contributed by atoms with van der Waals surface area (Å²) < 4.78 is 5.20. The number of nitrogens with two attached hydrogens (primary N) is 1. The van der Waals surface area contributed by atoms with E-state index >= 15 is 0 Å². The van der Waals surface area contributed by atoms with Crippen molar-refractivity contribution in [3.05, 3.63) is 29.3 Å². The Kier molecular flexibility index (Phi) is 3.54. The first-order valence-corrected chi connectivity index (χ1v) is 4.33. The van der Waals surface area contributed by atoms with Gasteiger partial charge in [-0.25, -0.2) is 0 Å². The molecule has 0 aromatic heterocycles. The molecule has 2 unspecified atom stereocenters. The van der Waals surface area contributed by atoms with E-state index in [1.807, 2.05) is 0 Å². The van der Waals surface area contributed by atoms with E-state index in [2.05, 4.69) is 0 Å². The largest absolute Gasteiger partial charge is 0.473 e. The van der Waals surface area contributed by atoms with Crippen molar-refractivity contribution >= 4 is 11.6 Å². The summed E-state index contributed by atoms with van der Waals surface area (Å²) in [5.74, 6) is 0.595. The lowest BCUT2D eigenvalue weighted by Gasteiger charge is -2.16.